The van der Waals surface area contributed by atoms with Gasteiger partial charge in [0.25, 0.3) is 6.02 Å². The lowest BCUT2D eigenvalue weighted by molar-refractivity contribution is -0.107. The van der Waals surface area contributed by atoms with E-state index in [0.717, 1.165) is 43.3 Å². The van der Waals surface area contributed by atoms with E-state index in [1.165, 1.54) is 38.5 Å². The van der Waals surface area contributed by atoms with Crippen molar-refractivity contribution in [2.24, 2.45) is 28.2 Å². The highest BCUT2D eigenvalue weighted by Gasteiger charge is 2.55. The van der Waals surface area contributed by atoms with Crippen LogP contribution in [0.1, 0.15) is 51.9 Å². The third kappa shape index (κ3) is 1.96. The molecular formula is C16H26N2O. The Kier molecular flexibility index (Phi) is 2.78. The molecule has 0 radical (unpaired) electrons. The number of nitrogens with zero attached hydrogens (tertiary/aromatic N) is 1. The SMILES string of the molecule is CCCNC1=NCC(C23CC4CC(CC(C4)C2)C3)O1. The Balaban J connectivity index is 1.46. The molecule has 1 N–H and O–H groups in total. The fourth-order valence-electron chi connectivity index (χ4n) is 5.60. The largest absolute Gasteiger partial charge is 0.459 e. The molecule has 4 fully saturated rings. The molecule has 0 aromatic heterocycles. The molecule has 3 heteroatoms. The van der Waals surface area contributed by atoms with Gasteiger partial charge in [0.15, 0.2) is 0 Å². The molecule has 19 heavy (non-hydrogen) atoms. The quantitative estimate of drug-likeness (QED) is 0.848. The first-order valence-corrected chi connectivity index (χ1v) is 8.22. The predicted molar refractivity (Wildman–Crippen MR) is 76.1 cm³/mol. The first kappa shape index (κ1) is 12.0. The van der Waals surface area contributed by atoms with Crippen molar-refractivity contribution < 1.29 is 4.74 Å². The van der Waals surface area contributed by atoms with Crippen molar-refractivity contribution in [2.75, 3.05) is 13.1 Å². The Morgan fingerprint density at radius 1 is 1.16 bits per heavy atom. The molecule has 0 saturated heterocycles. The lowest BCUT2D eigenvalue weighted by Crippen LogP contribution is -2.53. The molecular weight excluding hydrogens is 236 g/mol. The van der Waals surface area contributed by atoms with Gasteiger partial charge in [-0.2, -0.15) is 0 Å². The van der Waals surface area contributed by atoms with E-state index < -0.39 is 0 Å². The molecule has 5 aliphatic rings. The number of aliphatic imine (C=N–C) groups is 1. The third-order valence-electron chi connectivity index (χ3n) is 5.95. The lowest BCUT2D eigenvalue weighted by Gasteiger charge is -2.58. The van der Waals surface area contributed by atoms with Gasteiger partial charge >= 0.3 is 0 Å². The Bertz CT molecular complexity index is 355. The minimum atomic E-state index is 0.375. The summed E-state index contributed by atoms with van der Waals surface area (Å²) < 4.78 is 6.19. The molecule has 0 spiro atoms. The molecule has 3 nitrogen and oxygen atoms in total. The zero-order valence-electron chi connectivity index (χ0n) is 12.0. The Morgan fingerprint density at radius 2 is 1.79 bits per heavy atom. The molecule has 5 rings (SSSR count). The molecule has 0 amide bonds. The summed E-state index contributed by atoms with van der Waals surface area (Å²) >= 11 is 0. The Hall–Kier alpha value is -0.730. The van der Waals surface area contributed by atoms with Crippen molar-refractivity contribution in [3.05, 3.63) is 0 Å². The second-order valence-corrected chi connectivity index (χ2v) is 7.46. The topological polar surface area (TPSA) is 33.6 Å². The Labute approximate surface area is 116 Å². The summed E-state index contributed by atoms with van der Waals surface area (Å²) in [6, 6.07) is 0.822. The van der Waals surface area contributed by atoms with Crippen LogP contribution in [0, 0.1) is 23.2 Å². The van der Waals surface area contributed by atoms with Crippen LogP contribution < -0.4 is 5.32 Å². The molecule has 4 bridgehead atoms. The number of hydrogen-bond acceptors (Lipinski definition) is 3. The van der Waals surface area contributed by atoms with Gasteiger partial charge < -0.3 is 10.1 Å². The normalized spacial score (nSPS) is 47.1. The van der Waals surface area contributed by atoms with Gasteiger partial charge in [-0.3, -0.25) is 0 Å². The standard InChI is InChI=1S/C16H26N2O/c1-2-3-17-15-18-10-14(19-15)16-7-11-4-12(8-16)6-13(5-11)9-16/h11-14H,2-10H2,1H3,(H,17,18). The van der Waals surface area contributed by atoms with Crippen LogP contribution in [0.25, 0.3) is 0 Å². The highest BCUT2D eigenvalue weighted by molar-refractivity contribution is 5.75. The van der Waals surface area contributed by atoms with Gasteiger partial charge in [-0.05, 0) is 62.7 Å². The third-order valence-corrected chi connectivity index (χ3v) is 5.95. The highest BCUT2D eigenvalue weighted by atomic mass is 16.5. The van der Waals surface area contributed by atoms with E-state index in [1.54, 1.807) is 0 Å². The summed E-state index contributed by atoms with van der Waals surface area (Å²) in [4.78, 5) is 4.60. The molecule has 106 valence electrons. The molecule has 4 saturated carbocycles. The minimum absolute atomic E-state index is 0.375. The van der Waals surface area contributed by atoms with E-state index in [4.69, 9.17) is 4.74 Å². The summed E-state index contributed by atoms with van der Waals surface area (Å²) in [5.74, 6) is 3.01. The first-order valence-electron chi connectivity index (χ1n) is 8.22. The molecule has 1 heterocycles. The van der Waals surface area contributed by atoms with Crippen LogP contribution in [-0.2, 0) is 4.74 Å². The highest BCUT2D eigenvalue weighted by Crippen LogP contribution is 2.62. The van der Waals surface area contributed by atoms with E-state index in [0.29, 0.717) is 11.5 Å². The maximum Gasteiger partial charge on any atom is 0.285 e. The number of ether oxygens (including phenoxy) is 1. The van der Waals surface area contributed by atoms with Gasteiger partial charge in [-0.25, -0.2) is 4.99 Å². The maximum atomic E-state index is 6.19. The molecule has 1 aliphatic heterocycles. The molecule has 1 atom stereocenters. The van der Waals surface area contributed by atoms with E-state index >= 15 is 0 Å². The lowest BCUT2D eigenvalue weighted by atomic mass is 9.48. The zero-order chi connectivity index (χ0) is 12.9. The van der Waals surface area contributed by atoms with Crippen LogP contribution in [0.4, 0.5) is 0 Å². The fraction of sp³-hybridized carbons (Fsp3) is 0.938. The summed E-state index contributed by atoms with van der Waals surface area (Å²) in [5, 5.41) is 3.32. The van der Waals surface area contributed by atoms with Gasteiger partial charge in [0.1, 0.15) is 6.10 Å². The molecule has 1 unspecified atom stereocenters. The average molecular weight is 262 g/mol. The van der Waals surface area contributed by atoms with Crippen molar-refractivity contribution in [3.63, 3.8) is 0 Å². The number of nitrogens with one attached hydrogen (secondary N) is 1. The molecule has 0 aromatic rings. The second kappa shape index (κ2) is 4.39. The predicted octanol–water partition coefficient (Wildman–Crippen LogP) is 2.96. The molecule has 0 aromatic carbocycles. The van der Waals surface area contributed by atoms with Crippen LogP contribution >= 0.6 is 0 Å². The number of rotatable bonds is 3. The van der Waals surface area contributed by atoms with E-state index in [-0.39, 0.29) is 0 Å². The maximum absolute atomic E-state index is 6.19. The first-order chi connectivity index (χ1) is 9.27. The van der Waals surface area contributed by atoms with Crippen LogP contribution in [-0.4, -0.2) is 25.2 Å². The van der Waals surface area contributed by atoms with Crippen LogP contribution in [0.5, 0.6) is 0 Å². The van der Waals surface area contributed by atoms with Crippen molar-refractivity contribution in [3.8, 4) is 0 Å². The molecule has 4 aliphatic carbocycles. The van der Waals surface area contributed by atoms with E-state index in [9.17, 15) is 0 Å². The van der Waals surface area contributed by atoms with Crippen molar-refractivity contribution in [1.82, 2.24) is 5.32 Å². The second-order valence-electron chi connectivity index (χ2n) is 7.46. The van der Waals surface area contributed by atoms with Gasteiger partial charge in [-0.1, -0.05) is 6.92 Å². The summed E-state index contributed by atoms with van der Waals surface area (Å²) in [6.07, 6.45) is 10.3. The number of hydrogen-bond donors (Lipinski definition) is 1. The zero-order valence-corrected chi connectivity index (χ0v) is 12.0. The number of amidine groups is 1. The van der Waals surface area contributed by atoms with Crippen LogP contribution in [0.2, 0.25) is 0 Å². The van der Waals surface area contributed by atoms with E-state index in [1.807, 2.05) is 0 Å². The van der Waals surface area contributed by atoms with Gasteiger partial charge in [0, 0.05) is 12.0 Å². The van der Waals surface area contributed by atoms with Crippen LogP contribution in [0.15, 0.2) is 4.99 Å². The summed E-state index contributed by atoms with van der Waals surface area (Å²) in [7, 11) is 0. The minimum Gasteiger partial charge on any atom is -0.459 e. The smallest absolute Gasteiger partial charge is 0.285 e. The Morgan fingerprint density at radius 3 is 2.37 bits per heavy atom. The van der Waals surface area contributed by atoms with Crippen molar-refractivity contribution in [1.29, 1.82) is 0 Å². The van der Waals surface area contributed by atoms with E-state index in [2.05, 4.69) is 17.2 Å². The summed E-state index contributed by atoms with van der Waals surface area (Å²) in [6.45, 7) is 4.06. The summed E-state index contributed by atoms with van der Waals surface area (Å²) in [5.41, 5.74) is 0.480. The van der Waals surface area contributed by atoms with Crippen molar-refractivity contribution >= 4 is 6.02 Å². The van der Waals surface area contributed by atoms with Gasteiger partial charge in [0.2, 0.25) is 0 Å². The average Bonchev–Trinajstić information content (AvgIpc) is 2.84. The van der Waals surface area contributed by atoms with Gasteiger partial charge in [0.05, 0.1) is 6.54 Å². The van der Waals surface area contributed by atoms with Crippen molar-refractivity contribution in [2.45, 2.75) is 58.0 Å². The van der Waals surface area contributed by atoms with Crippen LogP contribution in [0.3, 0.4) is 0 Å². The fourth-order valence-corrected chi connectivity index (χ4v) is 5.60. The van der Waals surface area contributed by atoms with Gasteiger partial charge in [-0.15, -0.1) is 0 Å². The monoisotopic (exact) mass is 262 g/mol.